The van der Waals surface area contributed by atoms with E-state index >= 15 is 0 Å². The van der Waals surface area contributed by atoms with Gasteiger partial charge in [0.15, 0.2) is 12.2 Å². The number of nitrogens with one attached hydrogen (secondary N) is 1. The molecule has 1 amide bonds. The van der Waals surface area contributed by atoms with Gasteiger partial charge < -0.3 is 14.7 Å². The molecule has 0 aliphatic rings. The first-order chi connectivity index (χ1) is 19.6. The van der Waals surface area contributed by atoms with Crippen molar-refractivity contribution in [2.75, 3.05) is 20.7 Å². The maximum Gasteiger partial charge on any atom is 0.511 e. The molecule has 0 saturated heterocycles. The number of aryl methyl sites for hydroxylation is 1. The van der Waals surface area contributed by atoms with Gasteiger partial charge in [0.2, 0.25) is 5.28 Å². The number of amides is 1. The van der Waals surface area contributed by atoms with Crippen LogP contribution in [0.25, 0.3) is 16.9 Å². The molecule has 3 rings (SSSR count). The van der Waals surface area contributed by atoms with Gasteiger partial charge in [0.05, 0.1) is 35.4 Å². The zero-order chi connectivity index (χ0) is 31.2. The molecule has 0 saturated carbocycles. The summed E-state index contributed by atoms with van der Waals surface area (Å²) in [6.45, 7) is 2.27. The zero-order valence-corrected chi connectivity index (χ0v) is 23.3. The van der Waals surface area contributed by atoms with E-state index in [-0.39, 0.29) is 21.2 Å². The number of aromatic nitrogens is 2. The van der Waals surface area contributed by atoms with Crippen LogP contribution in [-0.2, 0) is 35.3 Å². The van der Waals surface area contributed by atoms with Crippen LogP contribution >= 0.6 is 0 Å². The number of halogens is 3. The maximum atomic E-state index is 13.4. The third-order valence-corrected chi connectivity index (χ3v) is 6.73. The second kappa shape index (κ2) is 12.8. The van der Waals surface area contributed by atoms with Gasteiger partial charge in [0.1, 0.15) is 0 Å². The summed E-state index contributed by atoms with van der Waals surface area (Å²) in [4.78, 5) is 27.3. The molecule has 3 aromatic rings. The van der Waals surface area contributed by atoms with Crippen LogP contribution in [0.4, 0.5) is 18.0 Å². The Hall–Kier alpha value is -4.87. The highest BCUT2D eigenvalue weighted by Gasteiger charge is 2.35. The van der Waals surface area contributed by atoms with Gasteiger partial charge in [-0.25, -0.2) is 22.6 Å². The summed E-state index contributed by atoms with van der Waals surface area (Å²) in [5.74, 6) is -1.12. The molecule has 1 aromatic heterocycles. The Bertz CT molecular complexity index is 1560. The molecule has 0 bridgehead atoms. The molecule has 226 valence electrons. The molecule has 0 aliphatic carbocycles. The van der Waals surface area contributed by atoms with E-state index in [9.17, 15) is 36.4 Å². The van der Waals surface area contributed by atoms with Gasteiger partial charge in [-0.1, -0.05) is 29.8 Å². The lowest BCUT2D eigenvalue weighted by molar-refractivity contribution is -0.705. The smallest absolute Gasteiger partial charge is 0.511 e. The summed E-state index contributed by atoms with van der Waals surface area (Å²) >= 11 is 0. The van der Waals surface area contributed by atoms with Crippen LogP contribution in [0.2, 0.25) is 0 Å². The first-order valence-corrected chi connectivity index (χ1v) is 13.3. The SMILES string of the molecule is COC(=O)OC(C)O/N=[N+](\[O-])N(C)CC(=O)NS(=O)(=O)c1ccc(-n2nc(C(F)(F)F)cc2-c2ccc(C)cc2)cc1. The highest BCUT2D eigenvalue weighted by Crippen LogP contribution is 2.33. The third-order valence-electron chi connectivity index (χ3n) is 5.35. The van der Waals surface area contributed by atoms with Gasteiger partial charge in [0, 0.05) is 12.5 Å². The Morgan fingerprint density at radius 1 is 1.17 bits per heavy atom. The van der Waals surface area contributed by atoms with Crippen molar-refractivity contribution >= 4 is 22.1 Å². The first kappa shape index (κ1) is 31.7. The topological polar surface area (TPSA) is 167 Å². The lowest BCUT2D eigenvalue weighted by Crippen LogP contribution is -2.40. The number of likely N-dealkylation sites (N-methyl/N-ethyl adjacent to an activating group) is 1. The molecule has 0 aliphatic heterocycles. The number of ether oxygens (including phenoxy) is 2. The molecular weight excluding hydrogens is 589 g/mol. The Morgan fingerprint density at radius 2 is 1.79 bits per heavy atom. The van der Waals surface area contributed by atoms with Crippen molar-refractivity contribution in [1.29, 1.82) is 0 Å². The number of nitrogens with zero attached hydrogens (tertiary/aromatic N) is 5. The summed E-state index contributed by atoms with van der Waals surface area (Å²) in [5.41, 5.74) is 0.458. The predicted molar refractivity (Wildman–Crippen MR) is 137 cm³/mol. The van der Waals surface area contributed by atoms with Crippen LogP contribution in [0.1, 0.15) is 18.2 Å². The minimum Gasteiger partial charge on any atom is -0.569 e. The number of rotatable bonds is 10. The normalized spacial score (nSPS) is 12.8. The van der Waals surface area contributed by atoms with Crippen molar-refractivity contribution < 1.29 is 50.5 Å². The van der Waals surface area contributed by atoms with E-state index in [1.54, 1.807) is 29.0 Å². The monoisotopic (exact) mass is 614 g/mol. The fraction of sp³-hybridized carbons (Fsp3) is 0.292. The molecule has 1 N–H and O–H groups in total. The van der Waals surface area contributed by atoms with Crippen LogP contribution in [0.3, 0.4) is 0 Å². The quantitative estimate of drug-likeness (QED) is 0.117. The average Bonchev–Trinajstić information content (AvgIpc) is 3.38. The van der Waals surface area contributed by atoms with Gasteiger partial charge in [-0.3, -0.25) is 9.63 Å². The molecule has 1 heterocycles. The van der Waals surface area contributed by atoms with E-state index in [4.69, 9.17) is 0 Å². The predicted octanol–water partition coefficient (Wildman–Crippen LogP) is 3.54. The van der Waals surface area contributed by atoms with Crippen molar-refractivity contribution in [2.45, 2.75) is 31.2 Å². The van der Waals surface area contributed by atoms with Crippen LogP contribution < -0.4 is 4.72 Å². The molecular formula is C24H25F3N6O8S. The van der Waals surface area contributed by atoms with Gasteiger partial charge in [0.25, 0.3) is 22.2 Å². The third kappa shape index (κ3) is 8.09. The minimum absolute atomic E-state index is 0.122. The van der Waals surface area contributed by atoms with E-state index in [1.807, 2.05) is 6.92 Å². The number of alkyl halides is 3. The lowest BCUT2D eigenvalue weighted by Gasteiger charge is -2.14. The van der Waals surface area contributed by atoms with Crippen molar-refractivity contribution in [3.05, 3.63) is 71.1 Å². The molecule has 14 nitrogen and oxygen atoms in total. The molecule has 1 atom stereocenters. The van der Waals surface area contributed by atoms with Gasteiger partial charge in [-0.05, 0) is 37.3 Å². The molecule has 0 fully saturated rings. The molecule has 1 unspecified atom stereocenters. The number of benzene rings is 2. The summed E-state index contributed by atoms with van der Waals surface area (Å²) in [5, 5.41) is 19.3. The Kier molecular flexibility index (Phi) is 9.61. The molecule has 0 spiro atoms. The van der Waals surface area contributed by atoms with E-state index in [0.717, 1.165) is 42.6 Å². The standard InChI is InChI=1S/C24H25F3N6O8S/c1-15-5-7-17(8-6-15)20-13-21(24(25,26)27)28-32(20)18-9-11-19(12-10-18)42(37,38)29-22(34)14-31(3)33(36)30-41-16(2)40-23(35)39-4/h5-13,16H,14H2,1-4H3,(H,29,34)/b33-30-. The van der Waals surface area contributed by atoms with Crippen LogP contribution in [-0.4, -0.2) is 67.2 Å². The largest absolute Gasteiger partial charge is 0.569 e. The summed E-state index contributed by atoms with van der Waals surface area (Å²) in [6, 6.07) is 12.2. The van der Waals surface area contributed by atoms with E-state index in [0.29, 0.717) is 10.6 Å². The number of methoxy groups -OCH3 is 1. The Labute approximate surface area is 237 Å². The number of hydrogen-bond acceptors (Lipinski definition) is 10. The van der Waals surface area contributed by atoms with Crippen LogP contribution in [0.15, 0.2) is 64.8 Å². The van der Waals surface area contributed by atoms with E-state index in [2.05, 4.69) is 24.7 Å². The number of carbonyl (C=O) groups is 2. The van der Waals surface area contributed by atoms with Crippen molar-refractivity contribution in [1.82, 2.24) is 19.5 Å². The number of sulfonamides is 1. The fourth-order valence-corrected chi connectivity index (χ4v) is 4.27. The maximum absolute atomic E-state index is 13.4. The Morgan fingerprint density at radius 3 is 2.36 bits per heavy atom. The van der Waals surface area contributed by atoms with E-state index < -0.39 is 46.8 Å². The number of carbonyl (C=O) groups excluding carboxylic acids is 2. The molecule has 42 heavy (non-hydrogen) atoms. The molecule has 0 radical (unpaired) electrons. The van der Waals surface area contributed by atoms with Gasteiger partial charge >= 0.3 is 12.3 Å². The zero-order valence-electron chi connectivity index (χ0n) is 22.5. The van der Waals surface area contributed by atoms with Crippen molar-refractivity contribution in [3.63, 3.8) is 0 Å². The lowest BCUT2D eigenvalue weighted by atomic mass is 10.1. The number of hydrogen-bond donors (Lipinski definition) is 1. The second-order valence-electron chi connectivity index (χ2n) is 8.61. The summed E-state index contributed by atoms with van der Waals surface area (Å²) in [7, 11) is -2.30. The van der Waals surface area contributed by atoms with Gasteiger partial charge in [-0.2, -0.15) is 18.3 Å². The second-order valence-corrected chi connectivity index (χ2v) is 10.3. The highest BCUT2D eigenvalue weighted by molar-refractivity contribution is 7.90. The summed E-state index contributed by atoms with van der Waals surface area (Å²) in [6.07, 6.45) is -7.13. The highest BCUT2D eigenvalue weighted by atomic mass is 32.2. The fourth-order valence-electron chi connectivity index (χ4n) is 3.30. The molecule has 2 aromatic carbocycles. The van der Waals surface area contributed by atoms with Crippen LogP contribution in [0, 0.1) is 12.1 Å². The van der Waals surface area contributed by atoms with Crippen molar-refractivity contribution in [3.8, 4) is 16.9 Å². The molecule has 18 heteroatoms. The van der Waals surface area contributed by atoms with E-state index in [1.165, 1.54) is 19.1 Å². The summed E-state index contributed by atoms with van der Waals surface area (Å²) < 4.78 is 77.3. The Balaban J connectivity index is 1.74. The minimum atomic E-state index is -4.72. The average molecular weight is 615 g/mol. The first-order valence-electron chi connectivity index (χ1n) is 11.8. The van der Waals surface area contributed by atoms with Crippen LogP contribution in [0.5, 0.6) is 0 Å². The van der Waals surface area contributed by atoms with Gasteiger partial charge in [-0.15, -0.1) is 5.01 Å². The number of hydrazine groups is 1. The van der Waals surface area contributed by atoms with Crippen molar-refractivity contribution in [2.24, 2.45) is 5.28 Å².